The monoisotopic (exact) mass is 356 g/mol. The van der Waals surface area contributed by atoms with Gasteiger partial charge in [-0.3, -0.25) is 4.79 Å². The summed E-state index contributed by atoms with van der Waals surface area (Å²) in [4.78, 5) is 23.7. The van der Waals surface area contributed by atoms with Crippen molar-refractivity contribution in [3.8, 4) is 0 Å². The largest absolute Gasteiger partial charge is 0.466 e. The number of fused-ring (bicyclic) bond motifs is 5. The molecule has 3 nitrogen and oxygen atoms in total. The van der Waals surface area contributed by atoms with E-state index in [9.17, 15) is 9.59 Å². The Labute approximate surface area is 157 Å². The number of carbonyl (C=O) groups is 1. The zero-order valence-electron chi connectivity index (χ0n) is 16.5. The zero-order chi connectivity index (χ0) is 18.5. The van der Waals surface area contributed by atoms with Gasteiger partial charge in [0, 0.05) is 5.57 Å². The summed E-state index contributed by atoms with van der Waals surface area (Å²) in [5.41, 5.74) is 2.71. The van der Waals surface area contributed by atoms with E-state index in [1.54, 1.807) is 0 Å². The Hall–Kier alpha value is -1.34. The van der Waals surface area contributed by atoms with Crippen molar-refractivity contribution >= 4 is 11.9 Å². The summed E-state index contributed by atoms with van der Waals surface area (Å²) in [7, 11) is 0. The summed E-state index contributed by atoms with van der Waals surface area (Å²) >= 11 is 0. The smallest absolute Gasteiger partial charge is 0.309 e. The van der Waals surface area contributed by atoms with Crippen LogP contribution in [0.1, 0.15) is 72.1 Å². The van der Waals surface area contributed by atoms with Gasteiger partial charge >= 0.3 is 5.97 Å². The number of rotatable bonds is 2. The highest BCUT2D eigenvalue weighted by atomic mass is 16.5. The topological polar surface area (TPSA) is 43.4 Å². The van der Waals surface area contributed by atoms with Gasteiger partial charge < -0.3 is 4.74 Å². The first kappa shape index (κ1) is 18.0. The molecular formula is C23H32O3. The lowest BCUT2D eigenvalue weighted by molar-refractivity contribution is -0.155. The highest BCUT2D eigenvalue weighted by Crippen LogP contribution is 2.66. The summed E-state index contributed by atoms with van der Waals surface area (Å²) in [5.74, 6) is 4.34. The number of hydrogen-bond acceptors (Lipinski definition) is 3. The maximum Gasteiger partial charge on any atom is 0.309 e. The number of hydrogen-bond donors (Lipinski definition) is 0. The first-order chi connectivity index (χ1) is 12.4. The molecule has 26 heavy (non-hydrogen) atoms. The van der Waals surface area contributed by atoms with Crippen molar-refractivity contribution in [1.29, 1.82) is 0 Å². The van der Waals surface area contributed by atoms with Crippen LogP contribution in [0.2, 0.25) is 0 Å². The minimum Gasteiger partial charge on any atom is -0.466 e. The van der Waals surface area contributed by atoms with Gasteiger partial charge in [-0.05, 0) is 93.0 Å². The lowest BCUT2D eigenvalue weighted by Gasteiger charge is -2.58. The minimum absolute atomic E-state index is 0.0389. The fourth-order valence-electron chi connectivity index (χ4n) is 7.30. The minimum atomic E-state index is 0.0389. The van der Waals surface area contributed by atoms with Crippen LogP contribution in [0.25, 0.3) is 0 Å². The van der Waals surface area contributed by atoms with E-state index in [0.717, 1.165) is 43.6 Å². The predicted octanol–water partition coefficient (Wildman–Crippen LogP) is 4.89. The summed E-state index contributed by atoms with van der Waals surface area (Å²) in [6, 6.07) is 0. The molecule has 0 aromatic heterocycles. The third-order valence-electron chi connectivity index (χ3n) is 8.70. The van der Waals surface area contributed by atoms with Crippen molar-refractivity contribution in [2.75, 3.05) is 6.61 Å². The van der Waals surface area contributed by atoms with Crippen LogP contribution in [0.15, 0.2) is 17.2 Å². The summed E-state index contributed by atoms with van der Waals surface area (Å²) in [5, 5.41) is 0. The molecule has 0 aromatic carbocycles. The van der Waals surface area contributed by atoms with Gasteiger partial charge in [-0.15, -0.1) is 0 Å². The zero-order valence-corrected chi connectivity index (χ0v) is 16.5. The molecule has 0 spiro atoms. The molecule has 6 atom stereocenters. The molecule has 3 heteroatoms. The molecule has 0 unspecified atom stereocenters. The molecule has 3 fully saturated rings. The normalized spacial score (nSPS) is 44.3. The third-order valence-corrected chi connectivity index (χ3v) is 8.70. The number of ether oxygens (including phenoxy) is 1. The van der Waals surface area contributed by atoms with Gasteiger partial charge in [0.25, 0.3) is 0 Å². The molecule has 0 heterocycles. The quantitative estimate of drug-likeness (QED) is 0.523. The van der Waals surface area contributed by atoms with E-state index < -0.39 is 0 Å². The van der Waals surface area contributed by atoms with Gasteiger partial charge in [0.05, 0.1) is 12.5 Å². The predicted molar refractivity (Wildman–Crippen MR) is 101 cm³/mol. The van der Waals surface area contributed by atoms with Crippen LogP contribution in [-0.4, -0.2) is 18.5 Å². The van der Waals surface area contributed by atoms with Crippen molar-refractivity contribution in [3.63, 3.8) is 0 Å². The molecule has 0 radical (unpaired) electrons. The Morgan fingerprint density at radius 1 is 1.15 bits per heavy atom. The lowest BCUT2D eigenvalue weighted by Crippen LogP contribution is -2.51. The van der Waals surface area contributed by atoms with E-state index in [1.165, 1.54) is 24.8 Å². The Bertz CT molecular complexity index is 686. The van der Waals surface area contributed by atoms with Crippen molar-refractivity contribution in [1.82, 2.24) is 0 Å². The third kappa shape index (κ3) is 2.47. The van der Waals surface area contributed by atoms with E-state index in [0.29, 0.717) is 18.4 Å². The average molecular weight is 357 g/mol. The molecule has 0 aromatic rings. The first-order valence-electron chi connectivity index (χ1n) is 10.6. The van der Waals surface area contributed by atoms with E-state index in [1.807, 2.05) is 6.92 Å². The average Bonchev–Trinajstić information content (AvgIpc) is 2.98. The van der Waals surface area contributed by atoms with Crippen LogP contribution >= 0.6 is 0 Å². The summed E-state index contributed by atoms with van der Waals surface area (Å²) < 4.78 is 5.42. The number of esters is 1. The van der Waals surface area contributed by atoms with Crippen LogP contribution in [0.4, 0.5) is 0 Å². The Balaban J connectivity index is 1.62. The molecule has 4 aliphatic carbocycles. The van der Waals surface area contributed by atoms with E-state index in [-0.39, 0.29) is 22.7 Å². The second kappa shape index (κ2) is 6.37. The molecule has 4 rings (SSSR count). The molecule has 0 N–H and O–H groups in total. The second-order valence-corrected chi connectivity index (χ2v) is 9.56. The molecular weight excluding hydrogens is 324 g/mol. The van der Waals surface area contributed by atoms with Crippen molar-refractivity contribution in [3.05, 3.63) is 17.2 Å². The van der Waals surface area contributed by atoms with Crippen LogP contribution in [0, 0.1) is 34.5 Å². The molecule has 0 aliphatic heterocycles. The van der Waals surface area contributed by atoms with Gasteiger partial charge in [0.15, 0.2) is 0 Å². The SMILES string of the molecule is CCOC(=O)[C@H]1CC[C@H]2[C@@H]3CCC4=CC(=C=O)CC[C@]4(C)[C@H]3CC[C@]12C. The molecule has 142 valence electrons. The Kier molecular flexibility index (Phi) is 4.42. The van der Waals surface area contributed by atoms with Crippen LogP contribution in [0.5, 0.6) is 0 Å². The Morgan fingerprint density at radius 2 is 1.96 bits per heavy atom. The standard InChI is InChI=1S/C23H32O3/c1-4-26-21(25)20-8-7-18-17-6-5-16-13-15(14-24)9-11-22(16,2)19(17)10-12-23(18,20)3/h13,17-20H,4-12H2,1-3H3/t17-,18-,19-,20+,22-,23-/m0/s1. The molecule has 0 saturated heterocycles. The van der Waals surface area contributed by atoms with Crippen LogP contribution < -0.4 is 0 Å². The summed E-state index contributed by atoms with van der Waals surface area (Å²) in [6.45, 7) is 7.20. The van der Waals surface area contributed by atoms with E-state index in [2.05, 4.69) is 25.9 Å². The molecule has 4 aliphatic rings. The molecule has 0 amide bonds. The van der Waals surface area contributed by atoms with Crippen LogP contribution in [-0.2, 0) is 14.3 Å². The molecule has 0 bridgehead atoms. The van der Waals surface area contributed by atoms with Crippen molar-refractivity contribution in [2.24, 2.45) is 34.5 Å². The maximum atomic E-state index is 12.6. The first-order valence-corrected chi connectivity index (χ1v) is 10.6. The van der Waals surface area contributed by atoms with E-state index in [4.69, 9.17) is 4.74 Å². The highest BCUT2D eigenvalue weighted by molar-refractivity contribution is 5.74. The Morgan fingerprint density at radius 3 is 2.69 bits per heavy atom. The fourth-order valence-corrected chi connectivity index (χ4v) is 7.30. The lowest BCUT2D eigenvalue weighted by atomic mass is 9.47. The van der Waals surface area contributed by atoms with Crippen LogP contribution in [0.3, 0.4) is 0 Å². The molecule has 3 saturated carbocycles. The van der Waals surface area contributed by atoms with Gasteiger partial charge in [0.1, 0.15) is 5.94 Å². The van der Waals surface area contributed by atoms with Gasteiger partial charge in [-0.25, -0.2) is 4.79 Å². The number of carbonyl (C=O) groups excluding carboxylic acids is 2. The highest BCUT2D eigenvalue weighted by Gasteiger charge is 2.60. The van der Waals surface area contributed by atoms with Gasteiger partial charge in [0.2, 0.25) is 0 Å². The fraction of sp³-hybridized carbons (Fsp3) is 0.783. The van der Waals surface area contributed by atoms with Gasteiger partial charge in [-0.1, -0.05) is 19.4 Å². The van der Waals surface area contributed by atoms with Crippen molar-refractivity contribution < 1.29 is 14.3 Å². The van der Waals surface area contributed by atoms with Crippen molar-refractivity contribution in [2.45, 2.75) is 72.1 Å². The number of allylic oxidation sites excluding steroid dienone is 3. The summed E-state index contributed by atoms with van der Waals surface area (Å²) in [6.07, 6.45) is 11.0. The second-order valence-electron chi connectivity index (χ2n) is 9.56. The maximum absolute atomic E-state index is 12.6. The van der Waals surface area contributed by atoms with Gasteiger partial charge in [-0.2, -0.15) is 0 Å². The van der Waals surface area contributed by atoms with E-state index >= 15 is 0 Å².